The van der Waals surface area contributed by atoms with Crippen molar-refractivity contribution in [1.29, 1.82) is 0 Å². The van der Waals surface area contributed by atoms with Gasteiger partial charge in [-0.3, -0.25) is 4.79 Å². The summed E-state index contributed by atoms with van der Waals surface area (Å²) in [6, 6.07) is 8.27. The van der Waals surface area contributed by atoms with Gasteiger partial charge in [0.25, 0.3) is 5.91 Å². The van der Waals surface area contributed by atoms with Crippen LogP contribution in [0.1, 0.15) is 56.3 Å². The van der Waals surface area contributed by atoms with E-state index in [0.29, 0.717) is 6.04 Å². The molecule has 0 saturated carbocycles. The second kappa shape index (κ2) is 7.32. The number of nitrogens with zero attached hydrogens (tertiary/aromatic N) is 1. The number of hydrogen-bond acceptors (Lipinski definition) is 2. The highest BCUT2D eigenvalue weighted by Gasteiger charge is 2.26. The lowest BCUT2D eigenvalue weighted by Gasteiger charge is -2.30. The quantitative estimate of drug-likeness (QED) is 0.902. The van der Waals surface area contributed by atoms with Crippen molar-refractivity contribution in [1.82, 2.24) is 4.90 Å². The zero-order chi connectivity index (χ0) is 14.4. The maximum absolute atomic E-state index is 12.9. The fraction of sp³-hybridized carbons (Fsp3) is 0.588. The summed E-state index contributed by atoms with van der Waals surface area (Å²) in [5.41, 5.74) is 1.77. The van der Waals surface area contributed by atoms with E-state index in [2.05, 4.69) is 24.1 Å². The zero-order valence-corrected chi connectivity index (χ0v) is 12.7. The SMILES string of the molecule is CCNc1ccccc1C(=O)N1CCCCCC1CC. The van der Waals surface area contributed by atoms with Crippen molar-refractivity contribution >= 4 is 11.6 Å². The Morgan fingerprint density at radius 2 is 2.05 bits per heavy atom. The predicted molar refractivity (Wildman–Crippen MR) is 84.2 cm³/mol. The highest BCUT2D eigenvalue weighted by atomic mass is 16.2. The van der Waals surface area contributed by atoms with Crippen LogP contribution in [-0.2, 0) is 0 Å². The van der Waals surface area contributed by atoms with Gasteiger partial charge in [0, 0.05) is 24.8 Å². The van der Waals surface area contributed by atoms with Gasteiger partial charge in [-0.25, -0.2) is 0 Å². The molecule has 0 radical (unpaired) electrons. The van der Waals surface area contributed by atoms with Gasteiger partial charge in [0.05, 0.1) is 5.56 Å². The first kappa shape index (κ1) is 14.9. The van der Waals surface area contributed by atoms with Crippen LogP contribution in [-0.4, -0.2) is 29.9 Å². The van der Waals surface area contributed by atoms with Gasteiger partial charge in [-0.05, 0) is 38.3 Å². The Morgan fingerprint density at radius 1 is 1.25 bits per heavy atom. The number of carbonyl (C=O) groups excluding carboxylic acids is 1. The second-order valence-electron chi connectivity index (χ2n) is 5.49. The van der Waals surface area contributed by atoms with Crippen LogP contribution in [0.2, 0.25) is 0 Å². The topological polar surface area (TPSA) is 32.3 Å². The Labute approximate surface area is 122 Å². The molecule has 1 saturated heterocycles. The summed E-state index contributed by atoms with van der Waals surface area (Å²) in [6.45, 7) is 5.98. The third kappa shape index (κ3) is 3.33. The van der Waals surface area contributed by atoms with Crippen molar-refractivity contribution in [2.24, 2.45) is 0 Å². The minimum Gasteiger partial charge on any atom is -0.385 e. The average Bonchev–Trinajstić information content (AvgIpc) is 2.72. The molecule has 1 atom stereocenters. The summed E-state index contributed by atoms with van der Waals surface area (Å²) in [5, 5.41) is 3.30. The largest absolute Gasteiger partial charge is 0.385 e. The highest BCUT2D eigenvalue weighted by Crippen LogP contribution is 2.24. The van der Waals surface area contributed by atoms with Gasteiger partial charge in [-0.1, -0.05) is 31.9 Å². The van der Waals surface area contributed by atoms with Crippen LogP contribution < -0.4 is 5.32 Å². The molecule has 110 valence electrons. The Balaban J connectivity index is 2.24. The molecule has 1 heterocycles. The molecule has 20 heavy (non-hydrogen) atoms. The van der Waals surface area contributed by atoms with Crippen molar-refractivity contribution < 1.29 is 4.79 Å². The van der Waals surface area contributed by atoms with Crippen molar-refractivity contribution in [3.8, 4) is 0 Å². The Morgan fingerprint density at radius 3 is 2.80 bits per heavy atom. The van der Waals surface area contributed by atoms with Crippen LogP contribution in [0, 0.1) is 0 Å². The fourth-order valence-electron chi connectivity index (χ4n) is 3.04. The second-order valence-corrected chi connectivity index (χ2v) is 5.49. The molecule has 0 aliphatic carbocycles. The van der Waals surface area contributed by atoms with Crippen LogP contribution in [0.15, 0.2) is 24.3 Å². The fourth-order valence-corrected chi connectivity index (χ4v) is 3.04. The molecule has 1 N–H and O–H groups in total. The van der Waals surface area contributed by atoms with Crippen LogP contribution in [0.4, 0.5) is 5.69 Å². The van der Waals surface area contributed by atoms with Gasteiger partial charge >= 0.3 is 0 Å². The molecule has 1 aromatic rings. The molecular weight excluding hydrogens is 248 g/mol. The zero-order valence-electron chi connectivity index (χ0n) is 12.7. The van der Waals surface area contributed by atoms with E-state index in [4.69, 9.17) is 0 Å². The van der Waals surface area contributed by atoms with Gasteiger partial charge < -0.3 is 10.2 Å². The maximum Gasteiger partial charge on any atom is 0.256 e. The molecule has 3 nitrogen and oxygen atoms in total. The van der Waals surface area contributed by atoms with Gasteiger partial charge in [0.2, 0.25) is 0 Å². The van der Waals surface area contributed by atoms with Crippen LogP contribution in [0.25, 0.3) is 0 Å². The number of likely N-dealkylation sites (tertiary alicyclic amines) is 1. The minimum atomic E-state index is 0.190. The standard InChI is InChI=1S/C17H26N2O/c1-3-14-10-6-5-9-13-19(14)17(20)15-11-7-8-12-16(15)18-4-2/h7-8,11-12,14,18H,3-6,9-10,13H2,1-2H3. The van der Waals surface area contributed by atoms with Gasteiger partial charge in [0.15, 0.2) is 0 Å². The van der Waals surface area contributed by atoms with E-state index in [1.807, 2.05) is 24.3 Å². The van der Waals surface area contributed by atoms with E-state index in [1.54, 1.807) is 0 Å². The summed E-state index contributed by atoms with van der Waals surface area (Å²) in [6.07, 6.45) is 5.82. The molecule has 0 spiro atoms. The lowest BCUT2D eigenvalue weighted by atomic mass is 10.1. The van der Waals surface area contributed by atoms with E-state index < -0.39 is 0 Å². The number of hydrogen-bond donors (Lipinski definition) is 1. The average molecular weight is 274 g/mol. The summed E-state index contributed by atoms with van der Waals surface area (Å²) in [5.74, 6) is 0.190. The summed E-state index contributed by atoms with van der Waals surface area (Å²) in [4.78, 5) is 15.0. The highest BCUT2D eigenvalue weighted by molar-refractivity contribution is 5.99. The molecule has 1 aliphatic rings. The number of para-hydroxylation sites is 1. The Kier molecular flexibility index (Phi) is 5.45. The Hall–Kier alpha value is -1.51. The van der Waals surface area contributed by atoms with Crippen LogP contribution in [0.3, 0.4) is 0 Å². The molecule has 1 aromatic carbocycles. The first-order chi connectivity index (χ1) is 9.77. The number of carbonyl (C=O) groups is 1. The first-order valence-corrected chi connectivity index (χ1v) is 7.91. The van der Waals surface area contributed by atoms with E-state index in [1.165, 1.54) is 12.8 Å². The smallest absolute Gasteiger partial charge is 0.256 e. The minimum absolute atomic E-state index is 0.190. The monoisotopic (exact) mass is 274 g/mol. The van der Waals surface area contributed by atoms with Crippen molar-refractivity contribution in [2.45, 2.75) is 52.0 Å². The van der Waals surface area contributed by atoms with E-state index in [9.17, 15) is 4.79 Å². The Bertz CT molecular complexity index is 444. The van der Waals surface area contributed by atoms with E-state index >= 15 is 0 Å². The van der Waals surface area contributed by atoms with Gasteiger partial charge in [-0.15, -0.1) is 0 Å². The summed E-state index contributed by atoms with van der Waals surface area (Å²) < 4.78 is 0. The number of amides is 1. The summed E-state index contributed by atoms with van der Waals surface area (Å²) >= 11 is 0. The molecule has 1 unspecified atom stereocenters. The maximum atomic E-state index is 12.9. The van der Waals surface area contributed by atoms with E-state index in [-0.39, 0.29) is 5.91 Å². The molecule has 1 amide bonds. The molecular formula is C17H26N2O. The molecule has 0 aromatic heterocycles. The van der Waals surface area contributed by atoms with Crippen molar-refractivity contribution in [2.75, 3.05) is 18.4 Å². The molecule has 2 rings (SSSR count). The third-order valence-corrected chi connectivity index (χ3v) is 4.13. The molecule has 1 fully saturated rings. The number of rotatable bonds is 4. The van der Waals surface area contributed by atoms with Gasteiger partial charge in [-0.2, -0.15) is 0 Å². The number of anilines is 1. The lowest BCUT2D eigenvalue weighted by molar-refractivity contribution is 0.0679. The van der Waals surface area contributed by atoms with E-state index in [0.717, 1.165) is 43.6 Å². The van der Waals surface area contributed by atoms with Gasteiger partial charge in [0.1, 0.15) is 0 Å². The number of benzene rings is 1. The molecule has 3 heteroatoms. The van der Waals surface area contributed by atoms with Crippen LogP contribution in [0.5, 0.6) is 0 Å². The van der Waals surface area contributed by atoms with Crippen molar-refractivity contribution in [3.05, 3.63) is 29.8 Å². The molecule has 0 bridgehead atoms. The molecule has 1 aliphatic heterocycles. The van der Waals surface area contributed by atoms with Crippen LogP contribution >= 0.6 is 0 Å². The normalized spacial score (nSPS) is 19.5. The number of nitrogens with one attached hydrogen (secondary N) is 1. The first-order valence-electron chi connectivity index (χ1n) is 7.91. The lowest BCUT2D eigenvalue weighted by Crippen LogP contribution is -2.40. The third-order valence-electron chi connectivity index (χ3n) is 4.13. The summed E-state index contributed by atoms with van der Waals surface area (Å²) in [7, 11) is 0. The predicted octanol–water partition coefficient (Wildman–Crippen LogP) is 3.91. The van der Waals surface area contributed by atoms with Crippen molar-refractivity contribution in [3.63, 3.8) is 0 Å².